The molecule has 3 N–H and O–H groups in total. The van der Waals surface area contributed by atoms with Crippen molar-refractivity contribution in [2.45, 2.75) is 12.1 Å². The number of rotatable bonds is 5. The van der Waals surface area contributed by atoms with Crippen LogP contribution in [-0.2, 0) is 14.3 Å². The highest BCUT2D eigenvalue weighted by molar-refractivity contribution is 5.75. The van der Waals surface area contributed by atoms with E-state index in [-0.39, 0.29) is 19.9 Å². The van der Waals surface area contributed by atoms with Crippen LogP contribution in [0.25, 0.3) is 0 Å². The van der Waals surface area contributed by atoms with Crippen molar-refractivity contribution in [1.82, 2.24) is 4.90 Å². The van der Waals surface area contributed by atoms with Gasteiger partial charge in [-0.25, -0.2) is 4.79 Å². The summed E-state index contributed by atoms with van der Waals surface area (Å²) in [5.74, 6) is -2.42. The fourth-order valence-electron chi connectivity index (χ4n) is 1.90. The van der Waals surface area contributed by atoms with Gasteiger partial charge >= 0.3 is 12.1 Å². The minimum Gasteiger partial charge on any atom is -0.481 e. The molecule has 0 aromatic heterocycles. The maximum absolute atomic E-state index is 11.0. The summed E-state index contributed by atoms with van der Waals surface area (Å²) in [5.41, 5.74) is 0. The van der Waals surface area contributed by atoms with E-state index in [4.69, 9.17) is 14.9 Å². The highest BCUT2D eigenvalue weighted by Crippen LogP contribution is 2.25. The first-order valence-electron chi connectivity index (χ1n) is 4.96. The van der Waals surface area contributed by atoms with E-state index in [2.05, 4.69) is 4.74 Å². The Bertz CT molecular complexity index is 295. The molecule has 0 aliphatic carbocycles. The number of likely N-dealkylation sites (tertiary alicyclic amines) is 1. The Balaban J connectivity index is 2.74. The molecule has 0 saturated carbocycles. The van der Waals surface area contributed by atoms with E-state index in [0.29, 0.717) is 0 Å². The Morgan fingerprint density at radius 2 is 2.06 bits per heavy atom. The molecule has 0 spiro atoms. The molecule has 1 aliphatic rings. The maximum atomic E-state index is 11.0. The monoisotopic (exact) mass is 249 g/mol. The Morgan fingerprint density at radius 3 is 2.53 bits per heavy atom. The van der Waals surface area contributed by atoms with Gasteiger partial charge in [0.15, 0.2) is 0 Å². The number of hydrogen-bond donors (Lipinski definition) is 3. The van der Waals surface area contributed by atoms with Crippen LogP contribution in [-0.4, -0.2) is 71.5 Å². The quantitative estimate of drug-likeness (QED) is 0.424. The fraction of sp³-hybridized carbons (Fsp3) is 0.778. The molecule has 2 unspecified atom stereocenters. The lowest BCUT2D eigenvalue weighted by molar-refractivity contribution is -0.146. The van der Waals surface area contributed by atoms with Crippen molar-refractivity contribution in [1.29, 1.82) is 0 Å². The third-order valence-corrected chi connectivity index (χ3v) is 2.63. The van der Waals surface area contributed by atoms with Crippen molar-refractivity contribution in [2.75, 3.05) is 27.1 Å². The summed E-state index contributed by atoms with van der Waals surface area (Å²) in [6.45, 7) is -0.423. The second-order valence-corrected chi connectivity index (χ2v) is 3.71. The molecule has 1 saturated heterocycles. The molecule has 0 bridgehead atoms. The molecule has 1 aliphatic heterocycles. The van der Waals surface area contributed by atoms with Gasteiger partial charge < -0.3 is 24.8 Å². The van der Waals surface area contributed by atoms with E-state index >= 15 is 0 Å². The lowest BCUT2D eigenvalue weighted by Gasteiger charge is -2.23. The average molecular weight is 249 g/mol. The lowest BCUT2D eigenvalue weighted by atomic mass is 9.99. The summed E-state index contributed by atoms with van der Waals surface area (Å²) in [7, 11) is 1.40. The molecule has 1 amide bonds. The van der Waals surface area contributed by atoms with Gasteiger partial charge in [0.05, 0.1) is 25.3 Å². The number of β-amino-alcohol motifs (C(OH)–C–C–N with tert-alkyl or cyclic N) is 1. The zero-order chi connectivity index (χ0) is 13.0. The number of carbonyl (C=O) groups is 2. The Hall–Kier alpha value is -1.38. The van der Waals surface area contributed by atoms with Gasteiger partial charge in [0.1, 0.15) is 12.7 Å². The normalized spacial score (nSPS) is 28.4. The van der Waals surface area contributed by atoms with Crippen molar-refractivity contribution >= 4 is 12.1 Å². The summed E-state index contributed by atoms with van der Waals surface area (Å²) >= 11 is 0. The number of methoxy groups -OCH3 is 1. The number of aliphatic carboxylic acids is 1. The third-order valence-electron chi connectivity index (χ3n) is 2.63. The number of aliphatic hydroxyl groups excluding tert-OH is 1. The molecule has 8 heteroatoms. The largest absolute Gasteiger partial charge is 0.481 e. The number of carboxylic acids is 1. The van der Waals surface area contributed by atoms with Crippen molar-refractivity contribution in [3.63, 3.8) is 0 Å². The van der Waals surface area contributed by atoms with E-state index in [1.165, 1.54) is 7.11 Å². The molecule has 1 heterocycles. The molecule has 1 fully saturated rings. The van der Waals surface area contributed by atoms with Crippen LogP contribution in [0.1, 0.15) is 0 Å². The second kappa shape index (κ2) is 5.80. The third kappa shape index (κ3) is 3.05. The Kier molecular flexibility index (Phi) is 4.67. The van der Waals surface area contributed by atoms with Gasteiger partial charge in [-0.15, -0.1) is 0 Å². The number of ether oxygens (including phenoxy) is 2. The molecule has 17 heavy (non-hydrogen) atoms. The standard InChI is InChI=1S/C9H15NO7/c1-16-4-17-3-5-7(8(12)13)6(11)2-10(5)9(14)15/h5-7,11H,2-4H2,1H3,(H,12,13)(H,14,15)/t5-,6?,7?/m1/s1. The van der Waals surface area contributed by atoms with E-state index in [1.54, 1.807) is 0 Å². The second-order valence-electron chi connectivity index (χ2n) is 3.71. The predicted octanol–water partition coefficient (Wildman–Crippen LogP) is -0.969. The first-order valence-corrected chi connectivity index (χ1v) is 4.96. The summed E-state index contributed by atoms with van der Waals surface area (Å²) in [4.78, 5) is 22.7. The highest BCUT2D eigenvalue weighted by atomic mass is 16.7. The van der Waals surface area contributed by atoms with Crippen molar-refractivity contribution in [3.8, 4) is 0 Å². The molecule has 8 nitrogen and oxygen atoms in total. The molecule has 3 atom stereocenters. The summed E-state index contributed by atoms with van der Waals surface area (Å²) < 4.78 is 9.60. The molecule has 0 aromatic carbocycles. The zero-order valence-electron chi connectivity index (χ0n) is 9.28. The average Bonchev–Trinajstić information content (AvgIpc) is 2.56. The number of hydrogen-bond acceptors (Lipinski definition) is 5. The van der Waals surface area contributed by atoms with Crippen LogP contribution in [0, 0.1) is 5.92 Å². The number of amides is 1. The summed E-state index contributed by atoms with van der Waals surface area (Å²) in [6, 6.07) is -0.907. The van der Waals surface area contributed by atoms with Gasteiger partial charge in [0.2, 0.25) is 0 Å². The van der Waals surface area contributed by atoms with E-state index in [9.17, 15) is 14.7 Å². The zero-order valence-corrected chi connectivity index (χ0v) is 9.28. The van der Waals surface area contributed by atoms with E-state index in [0.717, 1.165) is 4.90 Å². The highest BCUT2D eigenvalue weighted by Gasteiger charge is 2.47. The van der Waals surface area contributed by atoms with E-state index in [1.807, 2.05) is 0 Å². The Labute approximate surface area is 97.3 Å². The topological polar surface area (TPSA) is 117 Å². The van der Waals surface area contributed by atoms with Gasteiger partial charge in [-0.05, 0) is 0 Å². The minimum atomic E-state index is -1.28. The van der Waals surface area contributed by atoms with Crippen LogP contribution in [0.2, 0.25) is 0 Å². The number of carboxylic acid groups (broad SMARTS) is 2. The lowest BCUT2D eigenvalue weighted by Crippen LogP contribution is -2.42. The van der Waals surface area contributed by atoms with Gasteiger partial charge in [0.25, 0.3) is 0 Å². The summed E-state index contributed by atoms with van der Waals surface area (Å²) in [5, 5.41) is 27.4. The molecular formula is C9H15NO7. The number of nitrogens with zero attached hydrogens (tertiary/aromatic N) is 1. The smallest absolute Gasteiger partial charge is 0.407 e. The predicted molar refractivity (Wildman–Crippen MR) is 53.5 cm³/mol. The van der Waals surface area contributed by atoms with Crippen LogP contribution < -0.4 is 0 Å². The SMILES string of the molecule is COCOC[C@@H]1C(C(=O)O)C(O)CN1C(=O)O. The molecule has 0 radical (unpaired) electrons. The van der Waals surface area contributed by atoms with Gasteiger partial charge in [0, 0.05) is 7.11 Å². The minimum absolute atomic E-state index is 0.0631. The molecule has 1 rings (SSSR count). The van der Waals surface area contributed by atoms with Crippen molar-refractivity contribution in [3.05, 3.63) is 0 Å². The van der Waals surface area contributed by atoms with Crippen LogP contribution in [0.3, 0.4) is 0 Å². The van der Waals surface area contributed by atoms with Gasteiger partial charge in [-0.1, -0.05) is 0 Å². The van der Waals surface area contributed by atoms with Crippen LogP contribution in [0.15, 0.2) is 0 Å². The maximum Gasteiger partial charge on any atom is 0.407 e. The van der Waals surface area contributed by atoms with Gasteiger partial charge in [-0.3, -0.25) is 9.69 Å². The van der Waals surface area contributed by atoms with Crippen molar-refractivity contribution in [2.24, 2.45) is 5.92 Å². The van der Waals surface area contributed by atoms with Gasteiger partial charge in [-0.2, -0.15) is 0 Å². The first-order chi connectivity index (χ1) is 7.99. The Morgan fingerprint density at radius 1 is 1.41 bits per heavy atom. The van der Waals surface area contributed by atoms with Crippen LogP contribution >= 0.6 is 0 Å². The van der Waals surface area contributed by atoms with E-state index < -0.39 is 30.1 Å². The summed E-state index contributed by atoms with van der Waals surface area (Å²) in [6.07, 6.45) is -2.50. The van der Waals surface area contributed by atoms with Crippen molar-refractivity contribution < 1.29 is 34.4 Å². The molecular weight excluding hydrogens is 234 g/mol. The fourth-order valence-corrected chi connectivity index (χ4v) is 1.90. The number of aliphatic hydroxyl groups is 1. The molecule has 0 aromatic rings. The van der Waals surface area contributed by atoms with Crippen LogP contribution in [0.5, 0.6) is 0 Å². The molecule has 98 valence electrons. The van der Waals surface area contributed by atoms with Crippen LogP contribution in [0.4, 0.5) is 4.79 Å². The first kappa shape index (κ1) is 13.7.